The van der Waals surface area contributed by atoms with Crippen LogP contribution in [0.15, 0.2) is 36.5 Å². The van der Waals surface area contributed by atoms with Crippen LogP contribution in [0.3, 0.4) is 0 Å². The summed E-state index contributed by atoms with van der Waals surface area (Å²) in [6, 6.07) is 10.9. The van der Waals surface area contributed by atoms with Gasteiger partial charge in [0, 0.05) is 30.1 Å². The van der Waals surface area contributed by atoms with E-state index in [1.165, 1.54) is 12.8 Å². The average Bonchev–Trinajstić information content (AvgIpc) is 3.27. The molecule has 1 N–H and O–H groups in total. The van der Waals surface area contributed by atoms with Crippen molar-refractivity contribution in [2.45, 2.75) is 25.8 Å². The van der Waals surface area contributed by atoms with Gasteiger partial charge in [0.2, 0.25) is 0 Å². The summed E-state index contributed by atoms with van der Waals surface area (Å²) in [4.78, 5) is 4.40. The van der Waals surface area contributed by atoms with E-state index in [2.05, 4.69) is 29.4 Å². The predicted octanol–water partition coefficient (Wildman–Crippen LogP) is 3.00. The number of nitrogens with zero attached hydrogens (tertiary/aromatic N) is 1. The minimum absolute atomic E-state index is 0.513. The molecule has 1 aliphatic rings. The first-order chi connectivity index (χ1) is 9.33. The van der Waals surface area contributed by atoms with Gasteiger partial charge in [-0.1, -0.05) is 25.1 Å². The highest BCUT2D eigenvalue weighted by atomic mass is 16.5. The second-order valence-corrected chi connectivity index (χ2v) is 5.43. The average molecular weight is 256 g/mol. The summed E-state index contributed by atoms with van der Waals surface area (Å²) >= 11 is 0. The van der Waals surface area contributed by atoms with Gasteiger partial charge in [0.05, 0.1) is 6.61 Å². The van der Waals surface area contributed by atoms with Crippen LogP contribution in [0.5, 0.6) is 5.75 Å². The molecule has 0 aliphatic heterocycles. The molecule has 19 heavy (non-hydrogen) atoms. The highest BCUT2D eigenvalue weighted by Gasteiger charge is 2.20. The molecule has 0 amide bonds. The van der Waals surface area contributed by atoms with Gasteiger partial charge in [0.1, 0.15) is 11.3 Å². The maximum Gasteiger partial charge on any atom is 0.145 e. The third kappa shape index (κ3) is 3.24. The first kappa shape index (κ1) is 12.4. The molecule has 3 nitrogen and oxygen atoms in total. The van der Waals surface area contributed by atoms with Crippen molar-refractivity contribution >= 4 is 10.9 Å². The summed E-state index contributed by atoms with van der Waals surface area (Å²) in [5, 5.41) is 4.66. The van der Waals surface area contributed by atoms with Crippen LogP contribution >= 0.6 is 0 Å². The Morgan fingerprint density at radius 2 is 2.16 bits per heavy atom. The molecule has 3 rings (SSSR count). The second kappa shape index (κ2) is 5.57. The molecule has 1 fully saturated rings. The van der Waals surface area contributed by atoms with Crippen molar-refractivity contribution in [3.05, 3.63) is 36.5 Å². The highest BCUT2D eigenvalue weighted by Crippen LogP contribution is 2.23. The van der Waals surface area contributed by atoms with Crippen molar-refractivity contribution in [2.75, 3.05) is 13.2 Å². The predicted molar refractivity (Wildman–Crippen MR) is 77.4 cm³/mol. The lowest BCUT2D eigenvalue weighted by Gasteiger charge is -2.14. The van der Waals surface area contributed by atoms with Crippen molar-refractivity contribution in [3.8, 4) is 5.75 Å². The lowest BCUT2D eigenvalue weighted by molar-refractivity contribution is 0.257. The van der Waals surface area contributed by atoms with Crippen LogP contribution in [0.4, 0.5) is 0 Å². The largest absolute Gasteiger partial charge is 0.491 e. The fourth-order valence-corrected chi connectivity index (χ4v) is 2.14. The van der Waals surface area contributed by atoms with E-state index in [-0.39, 0.29) is 0 Å². The second-order valence-electron chi connectivity index (χ2n) is 5.43. The lowest BCUT2D eigenvalue weighted by atomic mass is 10.2. The van der Waals surface area contributed by atoms with Gasteiger partial charge in [-0.2, -0.15) is 0 Å². The molecule has 1 aromatic heterocycles. The summed E-state index contributed by atoms with van der Waals surface area (Å²) in [6.45, 7) is 3.98. The Bertz CT molecular complexity index is 546. The van der Waals surface area contributed by atoms with E-state index >= 15 is 0 Å². The van der Waals surface area contributed by atoms with Crippen LogP contribution in [0.2, 0.25) is 0 Å². The van der Waals surface area contributed by atoms with Crippen LogP contribution in [-0.4, -0.2) is 24.2 Å². The maximum absolute atomic E-state index is 5.93. The van der Waals surface area contributed by atoms with Crippen molar-refractivity contribution in [1.82, 2.24) is 10.3 Å². The molecule has 1 saturated carbocycles. The van der Waals surface area contributed by atoms with Gasteiger partial charge < -0.3 is 10.1 Å². The molecule has 1 unspecified atom stereocenters. The smallest absolute Gasteiger partial charge is 0.145 e. The third-order valence-electron chi connectivity index (χ3n) is 3.45. The van der Waals surface area contributed by atoms with Crippen LogP contribution in [0.1, 0.15) is 19.8 Å². The summed E-state index contributed by atoms with van der Waals surface area (Å²) < 4.78 is 5.93. The fraction of sp³-hybridized carbons (Fsp3) is 0.438. The van der Waals surface area contributed by atoms with Gasteiger partial charge >= 0.3 is 0 Å². The Labute approximate surface area is 114 Å². The van der Waals surface area contributed by atoms with Gasteiger partial charge in [0.15, 0.2) is 0 Å². The number of nitrogens with one attached hydrogen (secondary N) is 1. The molecule has 0 saturated heterocycles. The Kier molecular flexibility index (Phi) is 3.65. The highest BCUT2D eigenvalue weighted by molar-refractivity contribution is 5.84. The molecule has 0 radical (unpaired) electrons. The summed E-state index contributed by atoms with van der Waals surface area (Å²) in [5.41, 5.74) is 0.951. The monoisotopic (exact) mass is 256 g/mol. The van der Waals surface area contributed by atoms with Gasteiger partial charge in [-0.15, -0.1) is 0 Å². The van der Waals surface area contributed by atoms with E-state index in [1.807, 2.05) is 24.4 Å². The van der Waals surface area contributed by atoms with E-state index in [1.54, 1.807) is 0 Å². The zero-order chi connectivity index (χ0) is 13.1. The number of hydrogen-bond acceptors (Lipinski definition) is 3. The standard InChI is InChI=1S/C16H20N2O/c1-12(10-18-14-7-8-14)11-19-15-6-2-4-13-5-3-9-17-16(13)15/h2-6,9,12,14,18H,7-8,10-11H2,1H3. The van der Waals surface area contributed by atoms with Crippen molar-refractivity contribution in [2.24, 2.45) is 5.92 Å². The van der Waals surface area contributed by atoms with Crippen LogP contribution in [0.25, 0.3) is 10.9 Å². The van der Waals surface area contributed by atoms with E-state index in [0.717, 1.165) is 35.8 Å². The Balaban J connectivity index is 1.61. The number of benzene rings is 1. The topological polar surface area (TPSA) is 34.1 Å². The SMILES string of the molecule is CC(CNC1CC1)COc1cccc2cccnc12. The number of hydrogen-bond donors (Lipinski definition) is 1. The number of pyridine rings is 1. The molecule has 0 bridgehead atoms. The first-order valence-corrected chi connectivity index (χ1v) is 7.03. The maximum atomic E-state index is 5.93. The van der Waals surface area contributed by atoms with Gasteiger partial charge in [-0.3, -0.25) is 4.98 Å². The molecule has 100 valence electrons. The number of ether oxygens (including phenoxy) is 1. The van der Waals surface area contributed by atoms with Gasteiger partial charge in [0.25, 0.3) is 0 Å². The number of aromatic nitrogens is 1. The van der Waals surface area contributed by atoms with Crippen molar-refractivity contribution < 1.29 is 4.74 Å². The van der Waals surface area contributed by atoms with Crippen molar-refractivity contribution in [3.63, 3.8) is 0 Å². The fourth-order valence-electron chi connectivity index (χ4n) is 2.14. The van der Waals surface area contributed by atoms with E-state index in [9.17, 15) is 0 Å². The lowest BCUT2D eigenvalue weighted by Crippen LogP contribution is -2.26. The van der Waals surface area contributed by atoms with E-state index in [0.29, 0.717) is 5.92 Å². The van der Waals surface area contributed by atoms with E-state index in [4.69, 9.17) is 4.74 Å². The molecular weight excluding hydrogens is 236 g/mol. The Morgan fingerprint density at radius 3 is 3.00 bits per heavy atom. The molecule has 1 aromatic carbocycles. The Morgan fingerprint density at radius 1 is 1.32 bits per heavy atom. The van der Waals surface area contributed by atoms with Gasteiger partial charge in [-0.05, 0) is 25.0 Å². The molecule has 0 spiro atoms. The van der Waals surface area contributed by atoms with Crippen LogP contribution < -0.4 is 10.1 Å². The summed E-state index contributed by atoms with van der Waals surface area (Å²) in [5.74, 6) is 1.40. The number of fused-ring (bicyclic) bond motifs is 1. The summed E-state index contributed by atoms with van der Waals surface area (Å²) in [7, 11) is 0. The van der Waals surface area contributed by atoms with E-state index < -0.39 is 0 Å². The molecule has 1 heterocycles. The summed E-state index contributed by atoms with van der Waals surface area (Å²) in [6.07, 6.45) is 4.48. The molecule has 1 aliphatic carbocycles. The minimum Gasteiger partial charge on any atom is -0.491 e. The zero-order valence-electron chi connectivity index (χ0n) is 11.3. The van der Waals surface area contributed by atoms with Crippen LogP contribution in [0, 0.1) is 5.92 Å². The quantitative estimate of drug-likeness (QED) is 0.862. The molecular formula is C16H20N2O. The third-order valence-corrected chi connectivity index (χ3v) is 3.45. The molecule has 3 heteroatoms. The molecule has 2 aromatic rings. The van der Waals surface area contributed by atoms with Gasteiger partial charge in [-0.25, -0.2) is 0 Å². The normalized spacial score (nSPS) is 16.5. The number of para-hydroxylation sites is 1. The first-order valence-electron chi connectivity index (χ1n) is 7.03. The number of rotatable bonds is 6. The zero-order valence-corrected chi connectivity index (χ0v) is 11.3. The van der Waals surface area contributed by atoms with Crippen molar-refractivity contribution in [1.29, 1.82) is 0 Å². The minimum atomic E-state index is 0.513. The Hall–Kier alpha value is -1.61. The van der Waals surface area contributed by atoms with Crippen LogP contribution in [-0.2, 0) is 0 Å². The molecule has 1 atom stereocenters.